The highest BCUT2D eigenvalue weighted by atomic mass is 16.5. The topological polar surface area (TPSA) is 9.23 Å². The normalized spacial score (nSPS) is 16.5. The lowest BCUT2D eigenvalue weighted by molar-refractivity contribution is 0.0351. The summed E-state index contributed by atoms with van der Waals surface area (Å²) in [5.74, 6) is 1.55. The summed E-state index contributed by atoms with van der Waals surface area (Å²) in [6.07, 6.45) is 2.88. The van der Waals surface area contributed by atoms with Gasteiger partial charge in [-0.15, -0.1) is 0 Å². The molecule has 0 N–H and O–H groups in total. The molecule has 1 nitrogen and oxygen atoms in total. The first-order chi connectivity index (χ1) is 5.61. The van der Waals surface area contributed by atoms with Crippen LogP contribution >= 0.6 is 0 Å². The van der Waals surface area contributed by atoms with Crippen LogP contribution in [0.2, 0.25) is 0 Å². The lowest BCUT2D eigenvalue weighted by Gasteiger charge is -2.22. The van der Waals surface area contributed by atoms with E-state index >= 15 is 0 Å². The molecule has 12 heavy (non-hydrogen) atoms. The SMILES string of the molecule is CCC(COC(C)C)[C@@H](C)CC. The molecule has 0 aromatic heterocycles. The van der Waals surface area contributed by atoms with E-state index in [1.54, 1.807) is 0 Å². The van der Waals surface area contributed by atoms with Gasteiger partial charge in [-0.05, 0) is 25.7 Å². The van der Waals surface area contributed by atoms with Crippen molar-refractivity contribution >= 4 is 0 Å². The Labute approximate surface area is 77.5 Å². The molecule has 0 aliphatic heterocycles. The summed E-state index contributed by atoms with van der Waals surface area (Å²) in [5, 5.41) is 0. The minimum absolute atomic E-state index is 0.378. The molecule has 0 fully saturated rings. The highest BCUT2D eigenvalue weighted by Crippen LogP contribution is 2.19. The maximum atomic E-state index is 5.62. The van der Waals surface area contributed by atoms with Gasteiger partial charge in [0.2, 0.25) is 0 Å². The van der Waals surface area contributed by atoms with Crippen LogP contribution in [0.1, 0.15) is 47.5 Å². The van der Waals surface area contributed by atoms with E-state index in [0.717, 1.165) is 18.4 Å². The third kappa shape index (κ3) is 4.76. The zero-order valence-electron chi connectivity index (χ0n) is 9.26. The van der Waals surface area contributed by atoms with E-state index in [2.05, 4.69) is 34.6 Å². The van der Waals surface area contributed by atoms with Gasteiger partial charge in [-0.25, -0.2) is 0 Å². The van der Waals surface area contributed by atoms with E-state index < -0.39 is 0 Å². The van der Waals surface area contributed by atoms with E-state index in [-0.39, 0.29) is 0 Å². The maximum Gasteiger partial charge on any atom is 0.0519 e. The van der Waals surface area contributed by atoms with Crippen LogP contribution in [0.15, 0.2) is 0 Å². The van der Waals surface area contributed by atoms with Crippen LogP contribution in [0.4, 0.5) is 0 Å². The standard InChI is InChI=1S/C11H24O/c1-6-10(5)11(7-2)8-12-9(3)4/h9-11H,6-8H2,1-5H3/t10-,11?/m0/s1. The second-order valence-corrected chi connectivity index (χ2v) is 3.94. The summed E-state index contributed by atoms with van der Waals surface area (Å²) in [7, 11) is 0. The maximum absolute atomic E-state index is 5.62. The Morgan fingerprint density at radius 1 is 1.00 bits per heavy atom. The molecule has 0 saturated heterocycles. The zero-order valence-corrected chi connectivity index (χ0v) is 9.26. The molecule has 0 bridgehead atoms. The number of rotatable bonds is 6. The molecule has 0 saturated carbocycles. The molecule has 0 rings (SSSR count). The van der Waals surface area contributed by atoms with Crippen LogP contribution in [0.5, 0.6) is 0 Å². The minimum Gasteiger partial charge on any atom is -0.378 e. The molecule has 0 aromatic rings. The molecule has 0 amide bonds. The molecule has 0 spiro atoms. The predicted molar refractivity (Wildman–Crippen MR) is 54.3 cm³/mol. The highest BCUT2D eigenvalue weighted by Gasteiger charge is 2.13. The van der Waals surface area contributed by atoms with Crippen LogP contribution < -0.4 is 0 Å². The molecule has 0 aromatic carbocycles. The Morgan fingerprint density at radius 3 is 1.92 bits per heavy atom. The minimum atomic E-state index is 0.378. The van der Waals surface area contributed by atoms with Crippen molar-refractivity contribution in [3.8, 4) is 0 Å². The van der Waals surface area contributed by atoms with E-state index in [4.69, 9.17) is 4.74 Å². The van der Waals surface area contributed by atoms with Gasteiger partial charge in [0, 0.05) is 6.61 Å². The quantitative estimate of drug-likeness (QED) is 0.596. The van der Waals surface area contributed by atoms with Crippen molar-refractivity contribution in [2.45, 2.75) is 53.6 Å². The second-order valence-electron chi connectivity index (χ2n) is 3.94. The summed E-state index contributed by atoms with van der Waals surface area (Å²) in [4.78, 5) is 0. The van der Waals surface area contributed by atoms with Crippen LogP contribution in [0.3, 0.4) is 0 Å². The van der Waals surface area contributed by atoms with Crippen molar-refractivity contribution in [3.05, 3.63) is 0 Å². The smallest absolute Gasteiger partial charge is 0.0519 e. The molecule has 74 valence electrons. The van der Waals surface area contributed by atoms with Crippen molar-refractivity contribution in [2.24, 2.45) is 11.8 Å². The molecule has 0 heterocycles. The van der Waals surface area contributed by atoms with Gasteiger partial charge in [-0.1, -0.05) is 33.6 Å². The van der Waals surface area contributed by atoms with E-state index in [0.29, 0.717) is 6.10 Å². The Bertz CT molecular complexity index is 99.2. The van der Waals surface area contributed by atoms with Gasteiger partial charge in [0.1, 0.15) is 0 Å². The molecule has 0 radical (unpaired) electrons. The summed E-state index contributed by atoms with van der Waals surface area (Å²) in [6.45, 7) is 12.0. The monoisotopic (exact) mass is 172 g/mol. The first-order valence-electron chi connectivity index (χ1n) is 5.23. The van der Waals surface area contributed by atoms with Gasteiger partial charge in [-0.2, -0.15) is 0 Å². The molecular formula is C11H24O. The van der Waals surface area contributed by atoms with Crippen LogP contribution in [0.25, 0.3) is 0 Å². The van der Waals surface area contributed by atoms with Crippen molar-refractivity contribution in [1.29, 1.82) is 0 Å². The van der Waals surface area contributed by atoms with Crippen molar-refractivity contribution < 1.29 is 4.74 Å². The molecule has 0 aliphatic rings. The van der Waals surface area contributed by atoms with Gasteiger partial charge in [0.05, 0.1) is 6.10 Å². The Hall–Kier alpha value is -0.0400. The van der Waals surface area contributed by atoms with Gasteiger partial charge < -0.3 is 4.74 Å². The molecule has 0 aliphatic carbocycles. The zero-order chi connectivity index (χ0) is 9.56. The van der Waals surface area contributed by atoms with Crippen molar-refractivity contribution in [3.63, 3.8) is 0 Å². The summed E-state index contributed by atoms with van der Waals surface area (Å²) < 4.78 is 5.62. The third-order valence-electron chi connectivity index (χ3n) is 2.62. The van der Waals surface area contributed by atoms with Gasteiger partial charge in [0.25, 0.3) is 0 Å². The molecule has 2 atom stereocenters. The Morgan fingerprint density at radius 2 is 1.58 bits per heavy atom. The third-order valence-corrected chi connectivity index (χ3v) is 2.62. The predicted octanol–water partition coefficient (Wildman–Crippen LogP) is 3.48. The fourth-order valence-corrected chi connectivity index (χ4v) is 1.33. The molecule has 1 heteroatoms. The van der Waals surface area contributed by atoms with Crippen LogP contribution in [0, 0.1) is 11.8 Å². The number of hydrogen-bond acceptors (Lipinski definition) is 1. The lowest BCUT2D eigenvalue weighted by atomic mass is 9.90. The van der Waals surface area contributed by atoms with Crippen molar-refractivity contribution in [2.75, 3.05) is 6.61 Å². The summed E-state index contributed by atoms with van der Waals surface area (Å²) in [5.41, 5.74) is 0. The fourth-order valence-electron chi connectivity index (χ4n) is 1.33. The average Bonchev–Trinajstić information content (AvgIpc) is 2.04. The first-order valence-corrected chi connectivity index (χ1v) is 5.23. The van der Waals surface area contributed by atoms with Crippen molar-refractivity contribution in [1.82, 2.24) is 0 Å². The van der Waals surface area contributed by atoms with Gasteiger partial charge >= 0.3 is 0 Å². The molecular weight excluding hydrogens is 148 g/mol. The highest BCUT2D eigenvalue weighted by molar-refractivity contribution is 4.63. The number of hydrogen-bond donors (Lipinski definition) is 0. The average molecular weight is 172 g/mol. The summed E-state index contributed by atoms with van der Waals surface area (Å²) >= 11 is 0. The van der Waals surface area contributed by atoms with E-state index in [1.165, 1.54) is 12.8 Å². The van der Waals surface area contributed by atoms with Crippen LogP contribution in [-0.4, -0.2) is 12.7 Å². The largest absolute Gasteiger partial charge is 0.378 e. The summed E-state index contributed by atoms with van der Waals surface area (Å²) in [6, 6.07) is 0. The fraction of sp³-hybridized carbons (Fsp3) is 1.00. The van der Waals surface area contributed by atoms with E-state index in [9.17, 15) is 0 Å². The van der Waals surface area contributed by atoms with Crippen LogP contribution in [-0.2, 0) is 4.74 Å². The Balaban J connectivity index is 3.67. The lowest BCUT2D eigenvalue weighted by Crippen LogP contribution is -2.19. The number of ether oxygens (including phenoxy) is 1. The van der Waals surface area contributed by atoms with E-state index in [1.807, 2.05) is 0 Å². The Kier molecular flexibility index (Phi) is 6.45. The molecule has 1 unspecified atom stereocenters. The van der Waals surface area contributed by atoms with Gasteiger partial charge in [0.15, 0.2) is 0 Å². The second kappa shape index (κ2) is 6.47. The van der Waals surface area contributed by atoms with Gasteiger partial charge in [-0.3, -0.25) is 0 Å². The first kappa shape index (κ1) is 12.0.